The molecule has 1 atom stereocenters. The summed E-state index contributed by atoms with van der Waals surface area (Å²) < 4.78 is 27.2. The number of likely N-dealkylation sites (tertiary alicyclic amines) is 1. The lowest BCUT2D eigenvalue weighted by Gasteiger charge is -2.34. The molecule has 0 saturated carbocycles. The molecule has 1 unspecified atom stereocenters. The highest BCUT2D eigenvalue weighted by molar-refractivity contribution is 7.88. The zero-order chi connectivity index (χ0) is 16.2. The van der Waals surface area contributed by atoms with Crippen LogP contribution in [-0.2, 0) is 15.8 Å². The Hall–Kier alpha value is -0.910. The van der Waals surface area contributed by atoms with Gasteiger partial charge in [0.2, 0.25) is 10.0 Å². The van der Waals surface area contributed by atoms with Crippen LogP contribution < -0.4 is 4.72 Å². The van der Waals surface area contributed by atoms with Crippen molar-refractivity contribution in [1.29, 1.82) is 0 Å². The van der Waals surface area contributed by atoms with E-state index in [-0.39, 0.29) is 11.8 Å². The van der Waals surface area contributed by atoms with E-state index in [1.807, 2.05) is 31.2 Å². The van der Waals surface area contributed by atoms with Crippen LogP contribution >= 0.6 is 0 Å². The van der Waals surface area contributed by atoms with Gasteiger partial charge >= 0.3 is 0 Å². The van der Waals surface area contributed by atoms with Gasteiger partial charge in [0.25, 0.3) is 0 Å². The molecule has 4 nitrogen and oxygen atoms in total. The van der Waals surface area contributed by atoms with Crippen molar-refractivity contribution < 1.29 is 8.42 Å². The van der Waals surface area contributed by atoms with Gasteiger partial charge in [-0.2, -0.15) is 0 Å². The number of nitrogens with one attached hydrogen (secondary N) is 1. The van der Waals surface area contributed by atoms with Gasteiger partial charge in [0, 0.05) is 12.6 Å². The number of hydrogen-bond acceptors (Lipinski definition) is 3. The molecule has 1 aromatic rings. The summed E-state index contributed by atoms with van der Waals surface area (Å²) in [6.45, 7) is 8.99. The molecule has 0 aliphatic carbocycles. The fourth-order valence-corrected chi connectivity index (χ4v) is 4.13. The number of rotatable bonds is 6. The monoisotopic (exact) mass is 324 g/mol. The largest absolute Gasteiger partial charge is 0.299 e. The molecule has 0 amide bonds. The second-order valence-electron chi connectivity index (χ2n) is 6.66. The molecule has 124 valence electrons. The second-order valence-corrected chi connectivity index (χ2v) is 8.47. The van der Waals surface area contributed by atoms with Gasteiger partial charge in [0.05, 0.1) is 5.75 Å². The Balaban J connectivity index is 1.84. The minimum absolute atomic E-state index is 0.0540. The van der Waals surface area contributed by atoms with Crippen LogP contribution in [0.15, 0.2) is 24.3 Å². The SMILES string of the molecule is Cc1cccc(CS(=O)(=O)NCC(C)N2CCC(C)CC2)c1. The average molecular weight is 324 g/mol. The van der Waals surface area contributed by atoms with Crippen LogP contribution in [0.4, 0.5) is 0 Å². The zero-order valence-corrected chi connectivity index (χ0v) is 14.7. The molecule has 0 spiro atoms. The molecule has 0 aromatic heterocycles. The highest BCUT2D eigenvalue weighted by Gasteiger charge is 2.21. The maximum Gasteiger partial charge on any atom is 0.215 e. The summed E-state index contributed by atoms with van der Waals surface area (Å²) in [7, 11) is -3.27. The highest BCUT2D eigenvalue weighted by Crippen LogP contribution is 2.17. The fraction of sp³-hybridized carbons (Fsp3) is 0.647. The normalized spacial score (nSPS) is 19.2. The van der Waals surface area contributed by atoms with Crippen molar-refractivity contribution in [2.45, 2.75) is 45.4 Å². The Bertz CT molecular complexity index is 578. The summed E-state index contributed by atoms with van der Waals surface area (Å²) in [5, 5.41) is 0. The van der Waals surface area contributed by atoms with E-state index in [4.69, 9.17) is 0 Å². The molecule has 2 rings (SSSR count). The molecule has 1 saturated heterocycles. The van der Waals surface area contributed by atoms with Crippen LogP contribution in [0.3, 0.4) is 0 Å². The van der Waals surface area contributed by atoms with Crippen LogP contribution in [0.5, 0.6) is 0 Å². The number of nitrogens with zero attached hydrogens (tertiary/aromatic N) is 1. The van der Waals surface area contributed by atoms with Crippen molar-refractivity contribution in [3.63, 3.8) is 0 Å². The summed E-state index contributed by atoms with van der Waals surface area (Å²) >= 11 is 0. The zero-order valence-electron chi connectivity index (χ0n) is 13.9. The first-order valence-electron chi connectivity index (χ1n) is 8.12. The summed E-state index contributed by atoms with van der Waals surface area (Å²) in [5.41, 5.74) is 1.93. The van der Waals surface area contributed by atoms with Gasteiger partial charge in [-0.3, -0.25) is 4.90 Å². The number of piperidine rings is 1. The molecule has 1 aliphatic rings. The standard InChI is InChI=1S/C17H28N2O2S/c1-14-7-9-19(10-8-14)16(3)12-18-22(20,21)13-17-6-4-5-15(2)11-17/h4-6,11,14,16,18H,7-10,12-13H2,1-3H3. The van der Waals surface area contributed by atoms with E-state index in [0.29, 0.717) is 6.54 Å². The molecule has 1 heterocycles. The topological polar surface area (TPSA) is 49.4 Å². The first kappa shape index (κ1) is 17.4. The quantitative estimate of drug-likeness (QED) is 0.875. The summed E-state index contributed by atoms with van der Waals surface area (Å²) in [6.07, 6.45) is 2.42. The van der Waals surface area contributed by atoms with Crippen LogP contribution in [0.1, 0.15) is 37.8 Å². The van der Waals surface area contributed by atoms with Gasteiger partial charge in [-0.05, 0) is 51.3 Å². The van der Waals surface area contributed by atoms with Crippen LogP contribution in [0.25, 0.3) is 0 Å². The number of hydrogen-bond donors (Lipinski definition) is 1. The Labute approximate surface area is 135 Å². The first-order chi connectivity index (χ1) is 10.4. The van der Waals surface area contributed by atoms with E-state index in [2.05, 4.69) is 23.5 Å². The summed E-state index contributed by atoms with van der Waals surface area (Å²) in [6, 6.07) is 7.91. The third-order valence-electron chi connectivity index (χ3n) is 4.48. The molecule has 0 bridgehead atoms. The lowest BCUT2D eigenvalue weighted by molar-refractivity contribution is 0.148. The van der Waals surface area contributed by atoms with E-state index < -0.39 is 10.0 Å². The summed E-state index contributed by atoms with van der Waals surface area (Å²) in [4.78, 5) is 2.38. The average Bonchev–Trinajstić information content (AvgIpc) is 2.45. The smallest absolute Gasteiger partial charge is 0.215 e. The van der Waals surface area contributed by atoms with Crippen molar-refractivity contribution in [1.82, 2.24) is 9.62 Å². The van der Waals surface area contributed by atoms with Gasteiger partial charge in [-0.25, -0.2) is 13.1 Å². The van der Waals surface area contributed by atoms with Gasteiger partial charge in [-0.15, -0.1) is 0 Å². The van der Waals surface area contributed by atoms with E-state index in [9.17, 15) is 8.42 Å². The van der Waals surface area contributed by atoms with E-state index in [0.717, 1.165) is 30.1 Å². The molecule has 22 heavy (non-hydrogen) atoms. The Kier molecular flexibility index (Phi) is 6.01. The van der Waals surface area contributed by atoms with Crippen molar-refractivity contribution in [2.24, 2.45) is 5.92 Å². The molecule has 5 heteroatoms. The van der Waals surface area contributed by atoms with Crippen LogP contribution in [0.2, 0.25) is 0 Å². The maximum atomic E-state index is 12.2. The Morgan fingerprint density at radius 2 is 2.00 bits per heavy atom. The first-order valence-corrected chi connectivity index (χ1v) is 9.78. The summed E-state index contributed by atoms with van der Waals surface area (Å²) in [5.74, 6) is 0.847. The lowest BCUT2D eigenvalue weighted by Crippen LogP contribution is -2.45. The molecular formula is C17H28N2O2S. The minimum Gasteiger partial charge on any atom is -0.299 e. The van der Waals surface area contributed by atoms with Crippen molar-refractivity contribution in [3.05, 3.63) is 35.4 Å². The lowest BCUT2D eigenvalue weighted by atomic mass is 9.98. The Morgan fingerprint density at radius 3 is 2.64 bits per heavy atom. The molecule has 1 aliphatic heterocycles. The maximum absolute atomic E-state index is 12.2. The fourth-order valence-electron chi connectivity index (χ4n) is 2.92. The molecular weight excluding hydrogens is 296 g/mol. The van der Waals surface area contributed by atoms with Gasteiger partial charge in [-0.1, -0.05) is 36.8 Å². The van der Waals surface area contributed by atoms with Crippen LogP contribution in [0, 0.1) is 12.8 Å². The predicted octanol–water partition coefficient (Wildman–Crippen LogP) is 2.53. The molecule has 1 fully saturated rings. The van der Waals surface area contributed by atoms with Crippen LogP contribution in [-0.4, -0.2) is 39.0 Å². The highest BCUT2D eigenvalue weighted by atomic mass is 32.2. The third-order valence-corrected chi connectivity index (χ3v) is 5.80. The van der Waals surface area contributed by atoms with E-state index in [1.54, 1.807) is 0 Å². The minimum atomic E-state index is -3.27. The second kappa shape index (κ2) is 7.57. The van der Waals surface area contributed by atoms with E-state index >= 15 is 0 Å². The number of sulfonamides is 1. The van der Waals surface area contributed by atoms with Crippen molar-refractivity contribution in [2.75, 3.05) is 19.6 Å². The molecule has 1 N–H and O–H groups in total. The molecule has 1 aromatic carbocycles. The van der Waals surface area contributed by atoms with Crippen molar-refractivity contribution >= 4 is 10.0 Å². The Morgan fingerprint density at radius 1 is 1.32 bits per heavy atom. The van der Waals surface area contributed by atoms with Gasteiger partial charge in [0.15, 0.2) is 0 Å². The van der Waals surface area contributed by atoms with E-state index in [1.165, 1.54) is 12.8 Å². The predicted molar refractivity (Wildman–Crippen MR) is 91.2 cm³/mol. The number of aryl methyl sites for hydroxylation is 1. The van der Waals surface area contributed by atoms with Crippen molar-refractivity contribution in [3.8, 4) is 0 Å². The molecule has 0 radical (unpaired) electrons. The van der Waals surface area contributed by atoms with Gasteiger partial charge in [0.1, 0.15) is 0 Å². The number of benzene rings is 1. The van der Waals surface area contributed by atoms with Gasteiger partial charge < -0.3 is 0 Å². The third kappa shape index (κ3) is 5.38.